The summed E-state index contributed by atoms with van der Waals surface area (Å²) in [7, 11) is -2.37. The number of carbonyl (C=O) groups excluding carboxylic acids is 1. The smallest absolute Gasteiger partial charge is 0.264 e. The van der Waals surface area contributed by atoms with Gasteiger partial charge in [0, 0.05) is 7.05 Å². The van der Waals surface area contributed by atoms with Crippen LogP contribution in [0.25, 0.3) is 0 Å². The Hall–Kier alpha value is -0.660. The van der Waals surface area contributed by atoms with Gasteiger partial charge in [-0.1, -0.05) is 20.8 Å². The van der Waals surface area contributed by atoms with Crippen molar-refractivity contribution in [1.82, 2.24) is 10.6 Å². The first-order valence-corrected chi connectivity index (χ1v) is 7.09. The fourth-order valence-corrected chi connectivity index (χ4v) is 1.95. The van der Waals surface area contributed by atoms with Crippen LogP contribution in [-0.2, 0) is 14.9 Å². The highest BCUT2D eigenvalue weighted by molar-refractivity contribution is 7.85. The second kappa shape index (κ2) is 6.32. The SMILES string of the molecule is CNC(=O)[C@@H](NCCCS(=O)(=O)O)C(C)(C)C. The zero-order chi connectivity index (χ0) is 13.7. The molecule has 0 spiro atoms. The van der Waals surface area contributed by atoms with Crippen LogP contribution in [0.5, 0.6) is 0 Å². The van der Waals surface area contributed by atoms with E-state index in [0.29, 0.717) is 6.54 Å². The number of hydrogen-bond acceptors (Lipinski definition) is 4. The first kappa shape index (κ1) is 16.3. The van der Waals surface area contributed by atoms with Crippen LogP contribution in [-0.4, -0.2) is 44.3 Å². The normalized spacial score (nSPS) is 14.4. The molecule has 0 aliphatic carbocycles. The van der Waals surface area contributed by atoms with E-state index in [0.717, 1.165) is 0 Å². The van der Waals surface area contributed by atoms with Crippen LogP contribution in [0.3, 0.4) is 0 Å². The summed E-state index contributed by atoms with van der Waals surface area (Å²) in [5.74, 6) is -0.436. The van der Waals surface area contributed by atoms with Gasteiger partial charge < -0.3 is 10.6 Å². The van der Waals surface area contributed by atoms with Gasteiger partial charge in [-0.2, -0.15) is 8.42 Å². The number of carbonyl (C=O) groups is 1. The number of amides is 1. The van der Waals surface area contributed by atoms with Crippen LogP contribution in [0.15, 0.2) is 0 Å². The van der Waals surface area contributed by atoms with Crippen LogP contribution in [0.4, 0.5) is 0 Å². The number of rotatable bonds is 6. The molecule has 7 heteroatoms. The van der Waals surface area contributed by atoms with Gasteiger partial charge in [0.25, 0.3) is 10.1 Å². The largest absolute Gasteiger partial charge is 0.358 e. The summed E-state index contributed by atoms with van der Waals surface area (Å²) in [5, 5.41) is 5.56. The van der Waals surface area contributed by atoms with Gasteiger partial charge >= 0.3 is 0 Å². The Morgan fingerprint density at radius 1 is 1.35 bits per heavy atom. The molecule has 0 rings (SSSR count). The van der Waals surface area contributed by atoms with Crippen LogP contribution in [0, 0.1) is 5.41 Å². The molecule has 0 heterocycles. The van der Waals surface area contributed by atoms with E-state index in [4.69, 9.17) is 4.55 Å². The van der Waals surface area contributed by atoms with Gasteiger partial charge in [-0.25, -0.2) is 0 Å². The molecule has 0 aromatic carbocycles. The maximum Gasteiger partial charge on any atom is 0.264 e. The highest BCUT2D eigenvalue weighted by Crippen LogP contribution is 2.19. The third kappa shape index (κ3) is 7.30. The van der Waals surface area contributed by atoms with Crippen molar-refractivity contribution >= 4 is 16.0 Å². The maximum atomic E-state index is 11.6. The molecule has 0 bridgehead atoms. The van der Waals surface area contributed by atoms with E-state index in [1.54, 1.807) is 7.05 Å². The molecule has 0 aliphatic heterocycles. The summed E-state index contributed by atoms with van der Waals surface area (Å²) in [6.07, 6.45) is 0.266. The Kier molecular flexibility index (Phi) is 6.08. The summed E-state index contributed by atoms with van der Waals surface area (Å²) in [6, 6.07) is -0.395. The molecule has 1 amide bonds. The molecule has 0 saturated carbocycles. The van der Waals surface area contributed by atoms with Crippen molar-refractivity contribution in [3.63, 3.8) is 0 Å². The average Bonchev–Trinajstić information content (AvgIpc) is 2.13. The lowest BCUT2D eigenvalue weighted by Gasteiger charge is -2.30. The van der Waals surface area contributed by atoms with Crippen LogP contribution < -0.4 is 10.6 Å². The fraction of sp³-hybridized carbons (Fsp3) is 0.900. The molecule has 102 valence electrons. The summed E-state index contributed by atoms with van der Waals surface area (Å²) in [4.78, 5) is 11.6. The van der Waals surface area contributed by atoms with Crippen molar-refractivity contribution in [1.29, 1.82) is 0 Å². The topological polar surface area (TPSA) is 95.5 Å². The minimum atomic E-state index is -3.92. The molecular weight excluding hydrogens is 244 g/mol. The Bertz CT molecular complexity index is 346. The summed E-state index contributed by atoms with van der Waals surface area (Å²) < 4.78 is 29.6. The van der Waals surface area contributed by atoms with Gasteiger partial charge in [0.1, 0.15) is 0 Å². The van der Waals surface area contributed by atoms with E-state index < -0.39 is 16.2 Å². The molecule has 0 unspecified atom stereocenters. The molecule has 0 aliphatic rings. The van der Waals surface area contributed by atoms with Gasteiger partial charge in [-0.3, -0.25) is 9.35 Å². The zero-order valence-electron chi connectivity index (χ0n) is 10.8. The summed E-state index contributed by atoms with van der Waals surface area (Å²) in [5.41, 5.74) is -0.266. The van der Waals surface area contributed by atoms with Crippen molar-refractivity contribution in [2.75, 3.05) is 19.3 Å². The van der Waals surface area contributed by atoms with Crippen molar-refractivity contribution in [2.45, 2.75) is 33.2 Å². The molecule has 0 aromatic heterocycles. The Morgan fingerprint density at radius 3 is 2.24 bits per heavy atom. The predicted molar refractivity (Wildman–Crippen MR) is 66.3 cm³/mol. The number of likely N-dealkylation sites (N-methyl/N-ethyl adjacent to an activating group) is 1. The molecule has 1 atom stereocenters. The second-order valence-electron chi connectivity index (χ2n) is 5.01. The van der Waals surface area contributed by atoms with Gasteiger partial charge in [0.05, 0.1) is 11.8 Å². The van der Waals surface area contributed by atoms with Crippen molar-refractivity contribution in [3.05, 3.63) is 0 Å². The molecule has 6 nitrogen and oxygen atoms in total. The van der Waals surface area contributed by atoms with E-state index in [2.05, 4.69) is 10.6 Å². The Balaban J connectivity index is 4.25. The van der Waals surface area contributed by atoms with Crippen molar-refractivity contribution in [2.24, 2.45) is 5.41 Å². The van der Waals surface area contributed by atoms with Crippen LogP contribution >= 0.6 is 0 Å². The van der Waals surface area contributed by atoms with Gasteiger partial charge in [0.15, 0.2) is 0 Å². The summed E-state index contributed by atoms with van der Waals surface area (Å²) >= 11 is 0. The van der Waals surface area contributed by atoms with E-state index in [-0.39, 0.29) is 23.5 Å². The minimum absolute atomic E-state index is 0.135. The van der Waals surface area contributed by atoms with E-state index in [9.17, 15) is 13.2 Å². The third-order valence-corrected chi connectivity index (χ3v) is 3.11. The summed E-state index contributed by atoms with van der Waals surface area (Å²) in [6.45, 7) is 6.11. The molecular formula is C10H22N2O4S. The lowest BCUT2D eigenvalue weighted by Crippen LogP contribution is -2.51. The number of nitrogens with one attached hydrogen (secondary N) is 2. The third-order valence-electron chi connectivity index (χ3n) is 2.30. The molecule has 3 N–H and O–H groups in total. The monoisotopic (exact) mass is 266 g/mol. The first-order chi connectivity index (χ1) is 7.58. The van der Waals surface area contributed by atoms with Crippen molar-refractivity contribution < 1.29 is 17.8 Å². The Labute approximate surface area is 103 Å². The first-order valence-electron chi connectivity index (χ1n) is 5.48. The van der Waals surface area contributed by atoms with Gasteiger partial charge in [-0.05, 0) is 18.4 Å². The second-order valence-corrected chi connectivity index (χ2v) is 6.58. The number of hydrogen-bond donors (Lipinski definition) is 3. The van der Waals surface area contributed by atoms with Gasteiger partial charge in [-0.15, -0.1) is 0 Å². The lowest BCUT2D eigenvalue weighted by atomic mass is 9.86. The highest BCUT2D eigenvalue weighted by atomic mass is 32.2. The standard InChI is InChI=1S/C10H22N2O4S/c1-10(2,3)8(9(13)11-4)12-6-5-7-17(14,15)16/h8,12H,5-7H2,1-4H3,(H,11,13)(H,14,15,16)/t8-/m1/s1. The Morgan fingerprint density at radius 2 is 1.88 bits per heavy atom. The maximum absolute atomic E-state index is 11.6. The predicted octanol–water partition coefficient (Wildman–Crippen LogP) is 0.0146. The van der Waals surface area contributed by atoms with E-state index >= 15 is 0 Å². The lowest BCUT2D eigenvalue weighted by molar-refractivity contribution is -0.125. The fourth-order valence-electron chi connectivity index (χ4n) is 1.44. The molecule has 17 heavy (non-hydrogen) atoms. The quantitative estimate of drug-likeness (QED) is 0.465. The van der Waals surface area contributed by atoms with E-state index in [1.165, 1.54) is 0 Å². The zero-order valence-corrected chi connectivity index (χ0v) is 11.6. The van der Waals surface area contributed by atoms with Crippen LogP contribution in [0.1, 0.15) is 27.2 Å². The van der Waals surface area contributed by atoms with Crippen molar-refractivity contribution in [3.8, 4) is 0 Å². The average molecular weight is 266 g/mol. The molecule has 0 radical (unpaired) electrons. The molecule has 0 fully saturated rings. The van der Waals surface area contributed by atoms with Crippen LogP contribution in [0.2, 0.25) is 0 Å². The minimum Gasteiger partial charge on any atom is -0.358 e. The van der Waals surface area contributed by atoms with E-state index in [1.807, 2.05) is 20.8 Å². The van der Waals surface area contributed by atoms with Gasteiger partial charge in [0.2, 0.25) is 5.91 Å². The highest BCUT2D eigenvalue weighted by Gasteiger charge is 2.29. The molecule has 0 aromatic rings. The molecule has 0 saturated heterocycles.